The van der Waals surface area contributed by atoms with E-state index in [9.17, 15) is 4.79 Å². The van der Waals surface area contributed by atoms with Crippen molar-refractivity contribution in [2.24, 2.45) is 0 Å². The molecule has 122 valence electrons. The number of carbonyl (C=O) groups is 1. The quantitative estimate of drug-likeness (QED) is 0.663. The zero-order valence-corrected chi connectivity index (χ0v) is 14.4. The van der Waals surface area contributed by atoms with Crippen LogP contribution in [0.4, 0.5) is 0 Å². The molecule has 0 unspecified atom stereocenters. The largest absolute Gasteiger partial charge is 0.461 e. The van der Waals surface area contributed by atoms with Crippen molar-refractivity contribution < 1.29 is 14.3 Å². The van der Waals surface area contributed by atoms with Gasteiger partial charge in [-0.15, -0.1) is 5.10 Å². The number of benzene rings is 2. The molecule has 0 spiro atoms. The van der Waals surface area contributed by atoms with Crippen molar-refractivity contribution in [3.05, 3.63) is 58.7 Å². The first kappa shape index (κ1) is 16.2. The number of H-pyrrole nitrogens is 1. The molecule has 0 radical (unpaired) electrons. The van der Waals surface area contributed by atoms with Crippen LogP contribution in [0.15, 0.2) is 53.0 Å². The highest BCUT2D eigenvalue weighted by molar-refractivity contribution is 9.10. The fourth-order valence-corrected chi connectivity index (χ4v) is 2.58. The van der Waals surface area contributed by atoms with Crippen LogP contribution in [0.2, 0.25) is 0 Å². The van der Waals surface area contributed by atoms with Crippen molar-refractivity contribution in [1.29, 1.82) is 0 Å². The van der Waals surface area contributed by atoms with Gasteiger partial charge in [0.25, 0.3) is 0 Å². The van der Waals surface area contributed by atoms with Gasteiger partial charge >= 0.3 is 5.97 Å². The van der Waals surface area contributed by atoms with Gasteiger partial charge < -0.3 is 9.47 Å². The van der Waals surface area contributed by atoms with E-state index in [1.54, 1.807) is 13.0 Å². The lowest BCUT2D eigenvalue weighted by atomic mass is 10.1. The maximum absolute atomic E-state index is 11.9. The number of ether oxygens (including phenoxy) is 2. The van der Waals surface area contributed by atoms with Crippen molar-refractivity contribution in [3.63, 3.8) is 0 Å². The monoisotopic (exact) mass is 387 g/mol. The molecule has 1 aromatic heterocycles. The molecule has 0 aliphatic heterocycles. The van der Waals surface area contributed by atoms with Gasteiger partial charge in [-0.25, -0.2) is 4.79 Å². The Morgan fingerprint density at radius 1 is 1.17 bits per heavy atom. The molecule has 2 aromatic carbocycles. The molecule has 3 aromatic rings. The molecule has 3 rings (SSSR count). The van der Waals surface area contributed by atoms with E-state index in [0.29, 0.717) is 11.4 Å². The maximum atomic E-state index is 11.9. The molecular formula is C17H14BrN3O3. The Balaban J connectivity index is 1.88. The minimum Gasteiger partial charge on any atom is -0.461 e. The fourth-order valence-electron chi connectivity index (χ4n) is 2.12. The molecular weight excluding hydrogens is 374 g/mol. The summed E-state index contributed by atoms with van der Waals surface area (Å²) in [7, 11) is 0. The average molecular weight is 388 g/mol. The molecule has 0 atom stereocenters. The topological polar surface area (TPSA) is 77.1 Å². The van der Waals surface area contributed by atoms with E-state index in [2.05, 4.69) is 31.3 Å². The van der Waals surface area contributed by atoms with Crippen LogP contribution in [-0.4, -0.2) is 28.0 Å². The zero-order chi connectivity index (χ0) is 16.9. The number of hydrogen-bond acceptors (Lipinski definition) is 5. The molecule has 0 saturated heterocycles. The number of esters is 1. The Morgan fingerprint density at radius 2 is 1.96 bits per heavy atom. The number of carbonyl (C=O) groups excluding carboxylic acids is 1. The van der Waals surface area contributed by atoms with E-state index in [-0.39, 0.29) is 12.3 Å². The predicted molar refractivity (Wildman–Crippen MR) is 92.0 cm³/mol. The number of aromatic amines is 1. The van der Waals surface area contributed by atoms with Crippen molar-refractivity contribution in [1.82, 2.24) is 15.4 Å². The Kier molecular flexibility index (Phi) is 4.90. The second-order valence-electron chi connectivity index (χ2n) is 4.80. The van der Waals surface area contributed by atoms with Crippen LogP contribution < -0.4 is 4.74 Å². The molecule has 0 amide bonds. The van der Waals surface area contributed by atoms with Gasteiger partial charge in [-0.1, -0.05) is 18.2 Å². The van der Waals surface area contributed by atoms with Gasteiger partial charge in [0.15, 0.2) is 5.69 Å². The van der Waals surface area contributed by atoms with Gasteiger partial charge in [0.05, 0.1) is 11.1 Å². The van der Waals surface area contributed by atoms with Gasteiger partial charge in [-0.3, -0.25) is 0 Å². The van der Waals surface area contributed by atoms with Crippen LogP contribution in [0.1, 0.15) is 17.4 Å². The minimum atomic E-state index is -0.512. The molecule has 6 nitrogen and oxygen atoms in total. The van der Waals surface area contributed by atoms with E-state index in [4.69, 9.17) is 9.47 Å². The fraction of sp³-hybridized carbons (Fsp3) is 0.118. The molecule has 24 heavy (non-hydrogen) atoms. The van der Waals surface area contributed by atoms with Gasteiger partial charge in [0.2, 0.25) is 0 Å². The van der Waals surface area contributed by atoms with Gasteiger partial charge in [0, 0.05) is 5.56 Å². The van der Waals surface area contributed by atoms with Crippen molar-refractivity contribution in [2.75, 3.05) is 6.61 Å². The van der Waals surface area contributed by atoms with Crippen molar-refractivity contribution in [2.45, 2.75) is 6.92 Å². The summed E-state index contributed by atoms with van der Waals surface area (Å²) in [6.45, 7) is 2.02. The van der Waals surface area contributed by atoms with Crippen LogP contribution >= 0.6 is 15.9 Å². The van der Waals surface area contributed by atoms with Crippen molar-refractivity contribution in [3.8, 4) is 22.8 Å². The summed E-state index contributed by atoms with van der Waals surface area (Å²) in [4.78, 5) is 11.9. The van der Waals surface area contributed by atoms with Crippen LogP contribution in [0.25, 0.3) is 11.3 Å². The number of aromatic nitrogens is 3. The summed E-state index contributed by atoms with van der Waals surface area (Å²) in [5, 5.41) is 10.4. The number of para-hydroxylation sites is 1. The van der Waals surface area contributed by atoms with Crippen LogP contribution in [0.5, 0.6) is 11.5 Å². The first-order valence-corrected chi connectivity index (χ1v) is 8.09. The smallest absolute Gasteiger partial charge is 0.361 e. The summed E-state index contributed by atoms with van der Waals surface area (Å²) >= 11 is 3.48. The van der Waals surface area contributed by atoms with Gasteiger partial charge in [-0.2, -0.15) is 10.3 Å². The summed E-state index contributed by atoms with van der Waals surface area (Å²) in [6, 6.07) is 14.9. The number of hydrogen-bond donors (Lipinski definition) is 1. The third-order valence-corrected chi connectivity index (χ3v) is 3.81. The first-order valence-electron chi connectivity index (χ1n) is 7.29. The number of halogens is 1. The SMILES string of the molecule is CCOC(=O)c1n[nH]nc1-c1ccc(Oc2ccccc2)c(Br)c1. The number of rotatable bonds is 5. The summed E-state index contributed by atoms with van der Waals surface area (Å²) in [5.74, 6) is 0.882. The Labute approximate surface area is 146 Å². The summed E-state index contributed by atoms with van der Waals surface area (Å²) in [6.07, 6.45) is 0. The predicted octanol–water partition coefficient (Wildman–Crippen LogP) is 4.20. The Morgan fingerprint density at radius 3 is 2.67 bits per heavy atom. The molecule has 0 bridgehead atoms. The number of nitrogens with one attached hydrogen (secondary N) is 1. The van der Waals surface area contributed by atoms with E-state index >= 15 is 0 Å². The normalized spacial score (nSPS) is 10.4. The van der Waals surface area contributed by atoms with E-state index in [1.165, 1.54) is 0 Å². The van der Waals surface area contributed by atoms with Gasteiger partial charge in [0.1, 0.15) is 17.2 Å². The summed E-state index contributed by atoms with van der Waals surface area (Å²) in [5.41, 5.74) is 1.31. The molecule has 0 saturated carbocycles. The molecule has 7 heteroatoms. The molecule has 1 N–H and O–H groups in total. The lowest BCUT2D eigenvalue weighted by molar-refractivity contribution is 0.0520. The second kappa shape index (κ2) is 7.27. The highest BCUT2D eigenvalue weighted by atomic mass is 79.9. The lowest BCUT2D eigenvalue weighted by Gasteiger charge is -2.09. The minimum absolute atomic E-state index is 0.153. The average Bonchev–Trinajstić information content (AvgIpc) is 3.08. The third-order valence-electron chi connectivity index (χ3n) is 3.19. The van der Waals surface area contributed by atoms with Crippen LogP contribution in [0, 0.1) is 0 Å². The molecule has 0 aliphatic carbocycles. The van der Waals surface area contributed by atoms with Crippen LogP contribution in [-0.2, 0) is 4.74 Å². The highest BCUT2D eigenvalue weighted by Gasteiger charge is 2.19. The standard InChI is InChI=1S/C17H14BrN3O3/c1-2-23-17(22)16-15(19-21-20-16)11-8-9-14(13(18)10-11)24-12-6-4-3-5-7-12/h3-10H,2H2,1H3,(H,19,20,21). The first-order chi connectivity index (χ1) is 11.7. The Bertz CT molecular complexity index is 849. The Hall–Kier alpha value is -2.67. The second-order valence-corrected chi connectivity index (χ2v) is 5.66. The van der Waals surface area contributed by atoms with E-state index < -0.39 is 5.97 Å². The zero-order valence-electron chi connectivity index (χ0n) is 12.8. The van der Waals surface area contributed by atoms with Crippen molar-refractivity contribution >= 4 is 21.9 Å². The third kappa shape index (κ3) is 3.46. The number of nitrogens with zero attached hydrogens (tertiary/aromatic N) is 2. The van der Waals surface area contributed by atoms with Gasteiger partial charge in [-0.05, 0) is 53.2 Å². The lowest BCUT2D eigenvalue weighted by Crippen LogP contribution is -2.06. The molecule has 0 fully saturated rings. The summed E-state index contributed by atoms with van der Waals surface area (Å²) < 4.78 is 11.5. The molecule has 1 heterocycles. The van der Waals surface area contributed by atoms with E-state index in [1.807, 2.05) is 42.5 Å². The maximum Gasteiger partial charge on any atom is 0.361 e. The van der Waals surface area contributed by atoms with E-state index in [0.717, 1.165) is 15.8 Å². The molecule has 0 aliphatic rings. The highest BCUT2D eigenvalue weighted by Crippen LogP contribution is 2.33. The van der Waals surface area contributed by atoms with Crippen LogP contribution in [0.3, 0.4) is 0 Å².